The van der Waals surface area contributed by atoms with E-state index in [0.29, 0.717) is 64.1 Å². The van der Waals surface area contributed by atoms with E-state index in [9.17, 15) is 24.4 Å². The first-order valence-electron chi connectivity index (χ1n) is 17.6. The van der Waals surface area contributed by atoms with E-state index in [-0.39, 0.29) is 24.0 Å². The fourth-order valence-electron chi connectivity index (χ4n) is 6.83. The Morgan fingerprint density at radius 3 is 2.38 bits per heavy atom. The quantitative estimate of drug-likeness (QED) is 0.0667. The molecule has 1 unspecified atom stereocenters. The van der Waals surface area contributed by atoms with Gasteiger partial charge in [-0.25, -0.2) is 0 Å². The van der Waals surface area contributed by atoms with E-state index in [4.69, 9.17) is 19.3 Å². The molecule has 1 saturated heterocycles. The molecule has 15 heteroatoms. The van der Waals surface area contributed by atoms with Crippen LogP contribution in [-0.2, 0) is 36.8 Å². The second-order valence-corrected chi connectivity index (χ2v) is 12.7. The highest BCUT2D eigenvalue weighted by atomic mass is 16.5. The van der Waals surface area contributed by atoms with Gasteiger partial charge in [0.2, 0.25) is 11.8 Å². The molecule has 1 atom stereocenters. The molecule has 2 aliphatic heterocycles. The summed E-state index contributed by atoms with van der Waals surface area (Å²) in [6.45, 7) is 3.27. The van der Waals surface area contributed by atoms with E-state index in [1.165, 1.54) is 0 Å². The minimum atomic E-state index is -1.02. The van der Waals surface area contributed by atoms with Gasteiger partial charge in [0, 0.05) is 53.9 Å². The first-order chi connectivity index (χ1) is 25.9. The van der Waals surface area contributed by atoms with Crippen molar-refractivity contribution in [1.29, 1.82) is 0 Å². The Kier molecular flexibility index (Phi) is 10.9. The van der Waals surface area contributed by atoms with Gasteiger partial charge in [0.1, 0.15) is 11.7 Å². The number of pyridine rings is 1. The van der Waals surface area contributed by atoms with Crippen molar-refractivity contribution >= 4 is 35.0 Å². The molecule has 0 bridgehead atoms. The highest BCUT2D eigenvalue weighted by Crippen LogP contribution is 2.35. The van der Waals surface area contributed by atoms with E-state index >= 15 is 0 Å². The number of benzene rings is 2. The molecule has 3 N–H and O–H groups in total. The number of ether oxygens (including phenoxy) is 3. The molecule has 1 fully saturated rings. The summed E-state index contributed by atoms with van der Waals surface area (Å²) in [4.78, 5) is 55.2. The number of nitrogens with zero attached hydrogens (tertiary/aromatic N) is 5. The van der Waals surface area contributed by atoms with E-state index < -0.39 is 29.7 Å². The van der Waals surface area contributed by atoms with E-state index in [2.05, 4.69) is 26.8 Å². The van der Waals surface area contributed by atoms with Gasteiger partial charge in [-0.3, -0.25) is 39.1 Å². The van der Waals surface area contributed by atoms with Crippen LogP contribution in [0.4, 0.5) is 5.69 Å². The van der Waals surface area contributed by atoms with Crippen molar-refractivity contribution < 1.29 is 38.6 Å². The molecule has 274 valence electrons. The molecule has 53 heavy (non-hydrogen) atoms. The zero-order chi connectivity index (χ0) is 36.7. The third kappa shape index (κ3) is 7.72. The molecular weight excluding hydrogens is 682 g/mol. The molecule has 0 spiro atoms. The van der Waals surface area contributed by atoms with Gasteiger partial charge in [-0.05, 0) is 54.7 Å². The van der Waals surface area contributed by atoms with Crippen molar-refractivity contribution in [3.05, 3.63) is 89.4 Å². The van der Waals surface area contributed by atoms with Crippen LogP contribution in [0.2, 0.25) is 0 Å². The van der Waals surface area contributed by atoms with Crippen LogP contribution < -0.4 is 10.6 Å². The third-order valence-corrected chi connectivity index (χ3v) is 9.43. The standard InChI is InChI=1S/C38H39N7O8/c46-33-9-8-32(36(47)41-33)45-37(48)28-2-1-3-31(34(28)38(45)49)40-14-16-51-18-20-53-21-19-52-17-15-44-23-29(35(42-44)24-10-12-39-13-11-24)26-4-6-27-25(22-26)5-7-30(27)43-50/h1-4,6,10-13,22-23,32,40,50H,5,7-9,14-21H2,(H,41,46,47)/b43-30+. The predicted octanol–water partition coefficient (Wildman–Crippen LogP) is 3.30. The summed E-state index contributed by atoms with van der Waals surface area (Å²) in [6, 6.07) is 14.0. The SMILES string of the molecule is O=C1CCC(N2C(=O)c3cccc(NCCOCCOCCOCCn4cc(-c5ccc6c(c5)CC/C6=N\O)c(-c5ccncc5)n4)c3C2=O)C(=O)N1. The summed E-state index contributed by atoms with van der Waals surface area (Å²) in [6.07, 6.45) is 7.24. The summed E-state index contributed by atoms with van der Waals surface area (Å²) < 4.78 is 19.0. The normalized spacial score (nSPS) is 17.4. The van der Waals surface area contributed by atoms with E-state index in [1.54, 1.807) is 30.6 Å². The fraction of sp³-hybridized carbons (Fsp3) is 0.342. The number of rotatable bonds is 16. The topological polar surface area (TPSA) is 187 Å². The molecule has 1 aliphatic carbocycles. The van der Waals surface area contributed by atoms with Gasteiger partial charge in [0.05, 0.1) is 63.0 Å². The Hall–Kier alpha value is -5.77. The van der Waals surface area contributed by atoms with E-state index in [0.717, 1.165) is 51.3 Å². The van der Waals surface area contributed by atoms with Crippen molar-refractivity contribution in [2.45, 2.75) is 38.3 Å². The number of carbonyl (C=O) groups excluding carboxylic acids is 4. The molecule has 4 amide bonds. The Bertz CT molecular complexity index is 2050. The number of hydrogen-bond donors (Lipinski definition) is 3. The lowest BCUT2D eigenvalue weighted by molar-refractivity contribution is -0.136. The Morgan fingerprint density at radius 2 is 1.60 bits per heavy atom. The van der Waals surface area contributed by atoms with Gasteiger partial charge < -0.3 is 24.7 Å². The largest absolute Gasteiger partial charge is 0.411 e. The Labute approximate surface area is 304 Å². The minimum absolute atomic E-state index is 0.0631. The van der Waals surface area contributed by atoms with Crippen LogP contribution in [0, 0.1) is 0 Å². The Balaban J connectivity index is 0.812. The van der Waals surface area contributed by atoms with Crippen molar-refractivity contribution in [2.24, 2.45) is 5.16 Å². The lowest BCUT2D eigenvalue weighted by Gasteiger charge is -2.27. The lowest BCUT2D eigenvalue weighted by atomic mass is 9.98. The number of fused-ring (bicyclic) bond motifs is 2. The van der Waals surface area contributed by atoms with Crippen LogP contribution in [-0.4, -0.2) is 106 Å². The molecule has 0 radical (unpaired) electrons. The summed E-state index contributed by atoms with van der Waals surface area (Å²) in [5, 5.41) is 23.0. The van der Waals surface area contributed by atoms with Crippen molar-refractivity contribution in [3.63, 3.8) is 0 Å². The van der Waals surface area contributed by atoms with Gasteiger partial charge in [-0.1, -0.05) is 29.4 Å². The average Bonchev–Trinajstić information content (AvgIpc) is 3.86. The molecular formula is C38H39N7O8. The molecule has 3 aliphatic rings. The second kappa shape index (κ2) is 16.3. The maximum atomic E-state index is 13.2. The third-order valence-electron chi connectivity index (χ3n) is 9.43. The van der Waals surface area contributed by atoms with Crippen LogP contribution in [0.1, 0.15) is 51.1 Å². The van der Waals surface area contributed by atoms with Crippen LogP contribution in [0.3, 0.4) is 0 Å². The number of piperidine rings is 1. The number of hydrogen-bond acceptors (Lipinski definition) is 12. The van der Waals surface area contributed by atoms with Crippen molar-refractivity contribution in [2.75, 3.05) is 51.5 Å². The summed E-state index contributed by atoms with van der Waals surface area (Å²) in [5.41, 5.74) is 7.62. The van der Waals surface area contributed by atoms with Crippen molar-refractivity contribution in [3.8, 4) is 22.4 Å². The first kappa shape index (κ1) is 35.6. The minimum Gasteiger partial charge on any atom is -0.411 e. The number of oxime groups is 1. The highest BCUT2D eigenvalue weighted by Gasteiger charge is 2.45. The van der Waals surface area contributed by atoms with Gasteiger partial charge in [-0.15, -0.1) is 0 Å². The van der Waals surface area contributed by atoms with Gasteiger partial charge in [0.15, 0.2) is 0 Å². The van der Waals surface area contributed by atoms with Crippen LogP contribution in [0.5, 0.6) is 0 Å². The number of carbonyl (C=O) groups is 4. The number of aromatic nitrogens is 3. The molecule has 15 nitrogen and oxygen atoms in total. The van der Waals surface area contributed by atoms with Gasteiger partial charge in [-0.2, -0.15) is 5.10 Å². The van der Waals surface area contributed by atoms with Crippen molar-refractivity contribution in [1.82, 2.24) is 25.0 Å². The Morgan fingerprint density at radius 1 is 0.830 bits per heavy atom. The molecule has 0 saturated carbocycles. The predicted molar refractivity (Wildman–Crippen MR) is 192 cm³/mol. The summed E-state index contributed by atoms with van der Waals surface area (Å²) in [7, 11) is 0. The maximum absolute atomic E-state index is 13.2. The molecule has 7 rings (SSSR count). The molecule has 4 heterocycles. The van der Waals surface area contributed by atoms with Gasteiger partial charge in [0.25, 0.3) is 11.8 Å². The number of anilines is 1. The second-order valence-electron chi connectivity index (χ2n) is 12.7. The van der Waals surface area contributed by atoms with Crippen LogP contribution >= 0.6 is 0 Å². The first-order valence-corrected chi connectivity index (χ1v) is 17.6. The van der Waals surface area contributed by atoms with E-state index in [1.807, 2.05) is 35.1 Å². The number of nitrogens with one attached hydrogen (secondary N) is 2. The number of imide groups is 2. The lowest BCUT2D eigenvalue weighted by Crippen LogP contribution is -2.54. The zero-order valence-electron chi connectivity index (χ0n) is 29.0. The van der Waals surface area contributed by atoms with Crippen LogP contribution in [0.15, 0.2) is 72.3 Å². The molecule has 2 aromatic carbocycles. The summed E-state index contributed by atoms with van der Waals surface area (Å²) in [5.74, 6) is -2.17. The zero-order valence-corrected chi connectivity index (χ0v) is 29.0. The summed E-state index contributed by atoms with van der Waals surface area (Å²) >= 11 is 0. The maximum Gasteiger partial charge on any atom is 0.264 e. The highest BCUT2D eigenvalue weighted by molar-refractivity contribution is 6.25. The number of amides is 4. The average molecular weight is 722 g/mol. The fourth-order valence-corrected chi connectivity index (χ4v) is 6.83. The molecule has 2 aromatic heterocycles. The molecule has 4 aromatic rings. The smallest absolute Gasteiger partial charge is 0.264 e. The van der Waals surface area contributed by atoms with Crippen LogP contribution in [0.25, 0.3) is 22.4 Å². The number of aryl methyl sites for hydroxylation is 1. The van der Waals surface area contributed by atoms with Gasteiger partial charge >= 0.3 is 0 Å². The monoisotopic (exact) mass is 721 g/mol.